The Balaban J connectivity index is -0.000000241. The first-order valence-corrected chi connectivity index (χ1v) is 8.02. The minimum Gasteiger partial charge on any atom is -1.00 e. The third kappa shape index (κ3) is 22.3. The van der Waals surface area contributed by atoms with Crippen LogP contribution in [0.4, 0.5) is 0 Å². The summed E-state index contributed by atoms with van der Waals surface area (Å²) in [6, 6.07) is 0. The maximum atomic E-state index is 10.9. The Kier molecular flexibility index (Phi) is 23.4. The van der Waals surface area contributed by atoms with E-state index in [1.165, 1.54) is 32.1 Å². The van der Waals surface area contributed by atoms with Gasteiger partial charge in [-0.3, -0.25) is 9.35 Å². The molecule has 112 valence electrons. The van der Waals surface area contributed by atoms with Gasteiger partial charge < -0.3 is 7.04 Å². The Hall–Kier alpha value is 2.02. The van der Waals surface area contributed by atoms with Crippen molar-refractivity contribution in [2.75, 3.05) is 0 Å². The maximum Gasteiger partial charge on any atom is 1.00 e. The molecule has 8 heteroatoms. The van der Waals surface area contributed by atoms with Gasteiger partial charge in [-0.15, -0.1) is 0 Å². The third-order valence-corrected chi connectivity index (χ3v) is 3.08. The maximum absolute atomic E-state index is 10.9. The zero-order chi connectivity index (χ0) is 13.9. The molecule has 0 saturated heterocycles. The third-order valence-electron chi connectivity index (χ3n) is 2.68. The minimum absolute atomic E-state index is 0. The number of carbonyl (C=O) groups excluding carboxylic acids is 1. The molecule has 0 rings (SSSR count). The van der Waals surface area contributed by atoms with Gasteiger partial charge in [-0.05, 0) is 6.42 Å². The number of unbranched alkanes of at least 4 members (excludes halogenated alkanes) is 8. The smallest absolute Gasteiger partial charge is 1.00 e. The topological polar surface area (TPSA) is 80.7 Å². The van der Waals surface area contributed by atoms with E-state index in [9.17, 15) is 13.2 Å². The molecule has 0 aromatic carbocycles. The molecule has 0 heterocycles. The number of hydrogen-bond acceptors (Lipinski definition) is 4. The molecule has 0 aromatic rings. The van der Waals surface area contributed by atoms with E-state index < -0.39 is 16.4 Å². The fourth-order valence-corrected chi connectivity index (χ4v) is 2.06. The second kappa shape index (κ2) is 17.4. The summed E-state index contributed by atoms with van der Waals surface area (Å²) < 4.78 is 32.5. The largest absolute Gasteiger partial charge is 1.00 e. The van der Waals surface area contributed by atoms with Gasteiger partial charge in [0.05, 0.1) is 0 Å². The Labute approximate surface area is 190 Å². The van der Waals surface area contributed by atoms with E-state index in [4.69, 9.17) is 4.55 Å². The monoisotopic (exact) mass is 344 g/mol. The first-order chi connectivity index (χ1) is 8.45. The van der Waals surface area contributed by atoms with E-state index in [-0.39, 0.29) is 90.2 Å². The van der Waals surface area contributed by atoms with Crippen molar-refractivity contribution in [3.8, 4) is 0 Å². The Morgan fingerprint density at radius 3 is 1.80 bits per heavy atom. The molecule has 0 aliphatic carbocycles. The van der Waals surface area contributed by atoms with Crippen molar-refractivity contribution in [3.63, 3.8) is 0 Å². The summed E-state index contributed by atoms with van der Waals surface area (Å²) in [6.45, 7) is 2.19. The summed E-state index contributed by atoms with van der Waals surface area (Å²) in [4.78, 5) is 10.9. The molecule has 5 nitrogen and oxygen atoms in total. The summed E-state index contributed by atoms with van der Waals surface area (Å²) >= 11 is 0. The molecule has 0 saturated carbocycles. The molecule has 0 fully saturated rings. The summed E-state index contributed by atoms with van der Waals surface area (Å²) in [5.41, 5.74) is 0. The van der Waals surface area contributed by atoms with Gasteiger partial charge >= 0.3 is 97.3 Å². The van der Waals surface area contributed by atoms with E-state index in [1.807, 2.05) is 0 Å². The Morgan fingerprint density at radius 1 is 1.00 bits per heavy atom. The van der Waals surface area contributed by atoms with Crippen LogP contribution in [0.5, 0.6) is 0 Å². The van der Waals surface area contributed by atoms with E-state index >= 15 is 0 Å². The van der Waals surface area contributed by atoms with Crippen LogP contribution in [0.25, 0.3) is 0 Å². The molecule has 1 N–H and O–H groups in total. The summed E-state index contributed by atoms with van der Waals surface area (Å²) in [5.74, 6) is -0.888. The van der Waals surface area contributed by atoms with Gasteiger partial charge in [-0.1, -0.05) is 58.3 Å². The summed E-state index contributed by atoms with van der Waals surface area (Å²) in [6.07, 6.45) is 10.0. The fourth-order valence-electron chi connectivity index (χ4n) is 1.74. The van der Waals surface area contributed by atoms with Crippen molar-refractivity contribution in [3.05, 3.63) is 0 Å². The first kappa shape index (κ1) is 26.9. The van der Waals surface area contributed by atoms with Crippen LogP contribution >= 0.6 is 0 Å². The van der Waals surface area contributed by atoms with Gasteiger partial charge in [-0.2, -0.15) is 8.42 Å². The van der Waals surface area contributed by atoms with Crippen LogP contribution in [0, 0.1) is 0 Å². The van der Waals surface area contributed by atoms with E-state index in [0.717, 1.165) is 19.3 Å². The van der Waals surface area contributed by atoms with Crippen LogP contribution in [0.2, 0.25) is 0 Å². The van der Waals surface area contributed by atoms with Gasteiger partial charge in [0.25, 0.3) is 0 Å². The minimum atomic E-state index is -4.63. The van der Waals surface area contributed by atoms with Crippen LogP contribution in [0.3, 0.4) is 0 Å². The molecule has 0 spiro atoms. The van der Waals surface area contributed by atoms with Gasteiger partial charge in [0.1, 0.15) is 0 Å². The molecular weight excluding hydrogens is 318 g/mol. The summed E-state index contributed by atoms with van der Waals surface area (Å²) in [5, 5.41) is 0. The number of hydrogen-bond donors (Lipinski definition) is 1. The zero-order valence-electron chi connectivity index (χ0n) is 15.1. The van der Waals surface area contributed by atoms with Crippen LogP contribution in [0.15, 0.2) is 0 Å². The van der Waals surface area contributed by atoms with Crippen molar-refractivity contribution in [1.82, 2.24) is 0 Å². The predicted octanol–water partition coefficient (Wildman–Crippen LogP) is -2.51. The molecule has 20 heavy (non-hydrogen) atoms. The van der Waals surface area contributed by atoms with E-state index in [0.29, 0.717) is 6.42 Å². The van der Waals surface area contributed by atoms with Gasteiger partial charge in [0.15, 0.2) is 0 Å². The van der Waals surface area contributed by atoms with Crippen LogP contribution < -0.4 is 80.9 Å². The van der Waals surface area contributed by atoms with Crippen LogP contribution in [-0.4, -0.2) is 18.9 Å². The molecule has 0 atom stereocenters. The standard InChI is InChI=1S/C12H24O5S.K.Na.2H/c1-2-3-4-5-6-7-8-9-10-11-12(13)17-18(14,15)16;;;;/h2-11H2,1H3,(H,14,15,16);;;;/q;2*+1;2*-1. The average Bonchev–Trinajstić information content (AvgIpc) is 2.24. The molecule has 0 aliphatic rings. The van der Waals surface area contributed by atoms with Crippen LogP contribution in [0.1, 0.15) is 74.0 Å². The SMILES string of the molecule is CCCCCCCCCCCC(=O)OS(=O)(=O)O.[H-].[H-].[K+].[Na+]. The van der Waals surface area contributed by atoms with Gasteiger partial charge in [0, 0.05) is 6.42 Å². The van der Waals surface area contributed by atoms with Gasteiger partial charge in [-0.25, -0.2) is 0 Å². The second-order valence-corrected chi connectivity index (χ2v) is 5.48. The van der Waals surface area contributed by atoms with Crippen molar-refractivity contribution >= 4 is 16.4 Å². The average molecular weight is 344 g/mol. The fraction of sp³-hybridized carbons (Fsp3) is 0.917. The normalized spacial score (nSPS) is 10.3. The molecule has 0 aromatic heterocycles. The molecule has 0 unspecified atom stereocenters. The molecule has 0 aliphatic heterocycles. The summed E-state index contributed by atoms with van der Waals surface area (Å²) in [7, 11) is -4.63. The Morgan fingerprint density at radius 2 is 1.40 bits per heavy atom. The van der Waals surface area contributed by atoms with Gasteiger partial charge in [0.2, 0.25) is 0 Å². The first-order valence-electron chi connectivity index (χ1n) is 6.65. The molecule has 0 bridgehead atoms. The molecule has 0 radical (unpaired) electrons. The second-order valence-electron chi connectivity index (χ2n) is 4.46. The molecular formula is C12H26KNaO5S. The van der Waals surface area contributed by atoms with Crippen molar-refractivity contribution < 1.29 is 106 Å². The van der Waals surface area contributed by atoms with E-state index in [2.05, 4.69) is 11.1 Å². The van der Waals surface area contributed by atoms with Crippen LogP contribution in [-0.2, 0) is 19.4 Å². The predicted molar refractivity (Wildman–Crippen MR) is 71.7 cm³/mol. The number of rotatable bonds is 11. The molecule has 0 amide bonds. The van der Waals surface area contributed by atoms with E-state index in [1.54, 1.807) is 0 Å². The van der Waals surface area contributed by atoms with Crippen molar-refractivity contribution in [1.29, 1.82) is 0 Å². The number of carbonyl (C=O) groups is 1. The zero-order valence-corrected chi connectivity index (χ0v) is 19.0. The van der Waals surface area contributed by atoms with Crippen molar-refractivity contribution in [2.45, 2.75) is 71.1 Å². The Bertz CT molecular complexity index is 331. The quantitative estimate of drug-likeness (QED) is 0.254. The van der Waals surface area contributed by atoms with Crippen molar-refractivity contribution in [2.24, 2.45) is 0 Å².